The molecule has 1 heterocycles. The fraction of sp³-hybridized carbons (Fsp3) is 0.526. The Morgan fingerprint density at radius 3 is 2.41 bits per heavy atom. The zero-order valence-electron chi connectivity index (χ0n) is 15.1. The number of aliphatic hydroxyl groups excluding tert-OH is 2. The molecule has 1 saturated carbocycles. The molecule has 0 spiro atoms. The predicted octanol–water partition coefficient (Wildman–Crippen LogP) is 2.76. The van der Waals surface area contributed by atoms with Crippen LogP contribution in [0.15, 0.2) is 30.0 Å². The van der Waals surface area contributed by atoms with Gasteiger partial charge in [0.05, 0.1) is 0 Å². The number of aliphatic hydroxyl groups is 2. The van der Waals surface area contributed by atoms with Crippen LogP contribution >= 0.6 is 23.2 Å². The summed E-state index contributed by atoms with van der Waals surface area (Å²) in [5.41, 5.74) is 0. The first kappa shape index (κ1) is 20.4. The molecule has 0 bridgehead atoms. The van der Waals surface area contributed by atoms with Gasteiger partial charge in [-0.3, -0.25) is 4.79 Å². The summed E-state index contributed by atoms with van der Waals surface area (Å²) >= 11 is 11.9. The molecule has 2 atom stereocenters. The average molecular weight is 415 g/mol. The molecule has 1 aliphatic heterocycles. The second kappa shape index (κ2) is 8.80. The molecule has 0 radical (unpaired) electrons. The first-order chi connectivity index (χ1) is 12.9. The van der Waals surface area contributed by atoms with Crippen molar-refractivity contribution in [3.05, 3.63) is 40.1 Å². The van der Waals surface area contributed by atoms with Crippen molar-refractivity contribution >= 4 is 29.1 Å². The van der Waals surface area contributed by atoms with E-state index >= 15 is 0 Å². The van der Waals surface area contributed by atoms with Crippen LogP contribution in [0, 0.1) is 11.8 Å². The molecule has 2 aliphatic rings. The van der Waals surface area contributed by atoms with Crippen molar-refractivity contribution in [1.82, 2.24) is 10.2 Å². The summed E-state index contributed by atoms with van der Waals surface area (Å²) in [6, 6.07) is 4.78. The van der Waals surface area contributed by atoms with E-state index in [1.807, 2.05) is 0 Å². The van der Waals surface area contributed by atoms with E-state index in [2.05, 4.69) is 5.32 Å². The predicted molar refractivity (Wildman–Crippen MR) is 103 cm³/mol. The molecule has 148 valence electrons. The SMILES string of the molecule is CNC(=O)C1CCC(CN2C(O)C=C(Oc3cc(Cl)cc(Cl)c3)C2O)CC1. The lowest BCUT2D eigenvalue weighted by molar-refractivity contribution is -0.126. The maximum atomic E-state index is 11.7. The number of carbonyl (C=O) groups is 1. The van der Waals surface area contributed by atoms with E-state index in [1.54, 1.807) is 30.1 Å². The third-order valence-electron chi connectivity index (χ3n) is 5.23. The fourth-order valence-electron chi connectivity index (χ4n) is 3.76. The maximum Gasteiger partial charge on any atom is 0.222 e. The molecule has 3 N–H and O–H groups in total. The van der Waals surface area contributed by atoms with Crippen molar-refractivity contribution in [1.29, 1.82) is 0 Å². The Bertz CT molecular complexity index is 699. The fourth-order valence-corrected chi connectivity index (χ4v) is 4.27. The van der Waals surface area contributed by atoms with Gasteiger partial charge in [0.25, 0.3) is 0 Å². The molecular weight excluding hydrogens is 391 g/mol. The van der Waals surface area contributed by atoms with Crippen LogP contribution in [-0.4, -0.2) is 47.1 Å². The van der Waals surface area contributed by atoms with Crippen LogP contribution < -0.4 is 10.1 Å². The van der Waals surface area contributed by atoms with Gasteiger partial charge in [-0.25, -0.2) is 4.90 Å². The lowest BCUT2D eigenvalue weighted by atomic mass is 9.81. The van der Waals surface area contributed by atoms with Crippen molar-refractivity contribution in [3.8, 4) is 5.75 Å². The Kier molecular flexibility index (Phi) is 6.65. The molecule has 1 aromatic rings. The summed E-state index contributed by atoms with van der Waals surface area (Å²) < 4.78 is 5.69. The second-order valence-electron chi connectivity index (χ2n) is 7.09. The zero-order chi connectivity index (χ0) is 19.6. The van der Waals surface area contributed by atoms with Gasteiger partial charge in [0.1, 0.15) is 17.7 Å². The Morgan fingerprint density at radius 2 is 1.81 bits per heavy atom. The number of halogens is 2. The molecule has 3 rings (SSSR count). The molecule has 6 nitrogen and oxygen atoms in total. The van der Waals surface area contributed by atoms with Crippen molar-refractivity contribution in [2.45, 2.75) is 38.1 Å². The van der Waals surface area contributed by atoms with Crippen LogP contribution in [0.5, 0.6) is 5.75 Å². The van der Waals surface area contributed by atoms with Crippen molar-refractivity contribution < 1.29 is 19.7 Å². The van der Waals surface area contributed by atoms with Crippen molar-refractivity contribution in [2.75, 3.05) is 13.6 Å². The van der Waals surface area contributed by atoms with Gasteiger partial charge in [-0.05, 0) is 49.8 Å². The molecule has 1 aliphatic carbocycles. The minimum atomic E-state index is -1.05. The zero-order valence-corrected chi connectivity index (χ0v) is 16.6. The molecule has 1 fully saturated rings. The van der Waals surface area contributed by atoms with Crippen LogP contribution in [0.1, 0.15) is 25.7 Å². The van der Waals surface area contributed by atoms with Crippen LogP contribution in [0.3, 0.4) is 0 Å². The number of hydrogen-bond acceptors (Lipinski definition) is 5. The average Bonchev–Trinajstić information content (AvgIpc) is 2.88. The first-order valence-corrected chi connectivity index (χ1v) is 9.82. The summed E-state index contributed by atoms with van der Waals surface area (Å²) in [5, 5.41) is 24.4. The van der Waals surface area contributed by atoms with Gasteiger partial charge in [0, 0.05) is 35.6 Å². The monoisotopic (exact) mass is 414 g/mol. The summed E-state index contributed by atoms with van der Waals surface area (Å²) in [6.07, 6.45) is 2.91. The highest BCUT2D eigenvalue weighted by molar-refractivity contribution is 6.34. The standard InChI is InChI=1S/C19H24Cl2N2O4/c1-22-18(25)12-4-2-11(3-5-12)10-23-17(24)9-16(19(23)26)27-15-7-13(20)6-14(21)8-15/h6-9,11-12,17,19,24,26H,2-5,10H2,1H3,(H,22,25). The highest BCUT2D eigenvalue weighted by Gasteiger charge is 2.36. The quantitative estimate of drug-likeness (QED) is 0.689. The second-order valence-corrected chi connectivity index (χ2v) is 7.97. The van der Waals surface area contributed by atoms with E-state index in [9.17, 15) is 15.0 Å². The highest BCUT2D eigenvalue weighted by atomic mass is 35.5. The van der Waals surface area contributed by atoms with Crippen molar-refractivity contribution in [3.63, 3.8) is 0 Å². The maximum absolute atomic E-state index is 11.7. The number of nitrogens with one attached hydrogen (secondary N) is 1. The Labute approximate surface area is 168 Å². The van der Waals surface area contributed by atoms with Crippen LogP contribution in [0.2, 0.25) is 10.0 Å². The first-order valence-electron chi connectivity index (χ1n) is 9.06. The van der Waals surface area contributed by atoms with Gasteiger partial charge >= 0.3 is 0 Å². The van der Waals surface area contributed by atoms with E-state index in [0.29, 0.717) is 28.3 Å². The van der Waals surface area contributed by atoms with Gasteiger partial charge in [-0.15, -0.1) is 0 Å². The van der Waals surface area contributed by atoms with Gasteiger partial charge in [0.15, 0.2) is 6.23 Å². The normalized spacial score (nSPS) is 28.7. The molecule has 0 aromatic heterocycles. The van der Waals surface area contributed by atoms with Crippen LogP contribution in [-0.2, 0) is 4.79 Å². The smallest absolute Gasteiger partial charge is 0.222 e. The Morgan fingerprint density at radius 1 is 1.19 bits per heavy atom. The number of ether oxygens (including phenoxy) is 1. The van der Waals surface area contributed by atoms with Crippen LogP contribution in [0.25, 0.3) is 0 Å². The minimum absolute atomic E-state index is 0.0595. The molecular formula is C19H24Cl2N2O4. The number of amides is 1. The molecule has 0 saturated heterocycles. The lowest BCUT2D eigenvalue weighted by Gasteiger charge is -2.33. The van der Waals surface area contributed by atoms with E-state index in [4.69, 9.17) is 27.9 Å². The van der Waals surface area contributed by atoms with E-state index in [-0.39, 0.29) is 17.6 Å². The third-order valence-corrected chi connectivity index (χ3v) is 5.66. The van der Waals surface area contributed by atoms with Gasteiger partial charge < -0.3 is 20.3 Å². The number of hydrogen-bond donors (Lipinski definition) is 3. The Hall–Kier alpha value is -1.31. The molecule has 1 amide bonds. The number of carbonyl (C=O) groups excluding carboxylic acids is 1. The topological polar surface area (TPSA) is 82.0 Å². The van der Waals surface area contributed by atoms with Gasteiger partial charge in [-0.2, -0.15) is 0 Å². The van der Waals surface area contributed by atoms with Gasteiger partial charge in [-0.1, -0.05) is 23.2 Å². The molecule has 1 aromatic carbocycles. The summed E-state index contributed by atoms with van der Waals surface area (Å²) in [4.78, 5) is 13.3. The lowest BCUT2D eigenvalue weighted by Crippen LogP contribution is -2.43. The van der Waals surface area contributed by atoms with E-state index < -0.39 is 12.5 Å². The number of rotatable bonds is 5. The van der Waals surface area contributed by atoms with Gasteiger partial charge in [0.2, 0.25) is 5.91 Å². The molecule has 8 heteroatoms. The summed E-state index contributed by atoms with van der Waals surface area (Å²) in [5.74, 6) is 1.11. The third kappa shape index (κ3) is 4.95. The highest BCUT2D eigenvalue weighted by Crippen LogP contribution is 2.33. The summed E-state index contributed by atoms with van der Waals surface area (Å²) in [7, 11) is 1.66. The largest absolute Gasteiger partial charge is 0.458 e. The molecule has 2 unspecified atom stereocenters. The van der Waals surface area contributed by atoms with Crippen LogP contribution in [0.4, 0.5) is 0 Å². The van der Waals surface area contributed by atoms with E-state index in [1.165, 1.54) is 6.08 Å². The Balaban J connectivity index is 1.57. The molecule has 27 heavy (non-hydrogen) atoms. The van der Waals surface area contributed by atoms with E-state index in [0.717, 1.165) is 25.7 Å². The number of benzene rings is 1. The number of nitrogens with zero attached hydrogens (tertiary/aromatic N) is 1. The minimum Gasteiger partial charge on any atom is -0.458 e. The summed E-state index contributed by atoms with van der Waals surface area (Å²) in [6.45, 7) is 0.530. The van der Waals surface area contributed by atoms with Crippen molar-refractivity contribution in [2.24, 2.45) is 11.8 Å².